The summed E-state index contributed by atoms with van der Waals surface area (Å²) in [6, 6.07) is 0. The Morgan fingerprint density at radius 3 is 2.45 bits per heavy atom. The van der Waals surface area contributed by atoms with E-state index in [0.717, 1.165) is 0 Å². The highest BCUT2D eigenvalue weighted by Crippen LogP contribution is 2.56. The number of hydrogen-bond acceptors (Lipinski definition) is 11. The Balaban J connectivity index is 1.62. The van der Waals surface area contributed by atoms with E-state index in [1.54, 1.807) is 0 Å². The van der Waals surface area contributed by atoms with Gasteiger partial charge in [-0.15, -0.1) is 0 Å². The fourth-order valence-corrected chi connectivity index (χ4v) is 3.76. The molecule has 16 heteroatoms. The fraction of sp³-hybridized carbons (Fsp3) is 0.467. The average Bonchev–Trinajstić information content (AvgIpc) is 2.93. The van der Waals surface area contributed by atoms with Crippen LogP contribution in [-0.2, 0) is 23.9 Å². The lowest BCUT2D eigenvalue weighted by molar-refractivity contribution is -0.200. The number of rotatable bonds is 7. The van der Waals surface area contributed by atoms with Crippen LogP contribution in [0.3, 0.4) is 0 Å². The zero-order chi connectivity index (χ0) is 22.9. The van der Waals surface area contributed by atoms with Crippen molar-refractivity contribution in [3.05, 3.63) is 11.6 Å². The van der Waals surface area contributed by atoms with Crippen LogP contribution in [0.25, 0.3) is 11.2 Å². The number of fused-ring (bicyclic) bond motifs is 2. The maximum Gasteiger partial charge on any atom is 0.348 e. The second-order valence-corrected chi connectivity index (χ2v) is 7.37. The molecule has 0 amide bonds. The van der Waals surface area contributed by atoms with E-state index in [9.17, 15) is 34.8 Å². The fourth-order valence-electron chi connectivity index (χ4n) is 3.59. The lowest BCUT2D eigenvalue weighted by Gasteiger charge is -2.28. The molecular weight excluding hydrogens is 446 g/mol. The molecule has 1 unspecified atom stereocenters. The van der Waals surface area contributed by atoms with E-state index >= 15 is 0 Å². The molecule has 1 aliphatic heterocycles. The third-order valence-corrected chi connectivity index (χ3v) is 5.39. The Bertz CT molecular complexity index is 1110. The number of nitrogen functional groups attached to an aromatic ring is 1. The number of hydrogen-bond donors (Lipinski definition) is 6. The standard InChI is InChI=1S/C15H14ClN5O10/c16-13-19-8(17)4-9(20-13)21(2-18-4)10-5(24)15(29)6(30-10)7(15)31-14(11(25)26,12(27)28)1-3(22)23/h2,5-7,10,24,29H,1H2,(H,22,23)(H,25,26)(H,27,28)(H2,17,19,20)/t5-,6+,7?,10+,15-/m0/s1. The van der Waals surface area contributed by atoms with Crippen LogP contribution in [-0.4, -0.2) is 92.5 Å². The van der Waals surface area contributed by atoms with E-state index in [4.69, 9.17) is 31.9 Å². The molecule has 31 heavy (non-hydrogen) atoms. The van der Waals surface area contributed by atoms with Gasteiger partial charge in [0.15, 0.2) is 23.3 Å². The molecule has 166 valence electrons. The molecular formula is C15H14ClN5O10. The highest BCUT2D eigenvalue weighted by molar-refractivity contribution is 6.28. The minimum atomic E-state index is -3.20. The smallest absolute Gasteiger partial charge is 0.348 e. The topological polar surface area (TPSA) is 240 Å². The Labute approximate surface area is 175 Å². The number of carbonyl (C=O) groups is 3. The van der Waals surface area contributed by atoms with Crippen LogP contribution in [0.15, 0.2) is 6.33 Å². The van der Waals surface area contributed by atoms with Gasteiger partial charge in [-0.25, -0.2) is 14.6 Å². The maximum absolute atomic E-state index is 11.5. The molecule has 2 aliphatic rings. The predicted molar refractivity (Wildman–Crippen MR) is 94.7 cm³/mol. The van der Waals surface area contributed by atoms with Crippen LogP contribution < -0.4 is 5.73 Å². The van der Waals surface area contributed by atoms with Gasteiger partial charge in [-0.2, -0.15) is 9.97 Å². The Kier molecular flexibility index (Phi) is 4.56. The molecule has 15 nitrogen and oxygen atoms in total. The van der Waals surface area contributed by atoms with Crippen molar-refractivity contribution in [3.63, 3.8) is 0 Å². The minimum absolute atomic E-state index is 0.0484. The number of nitrogens with zero attached hydrogens (tertiary/aromatic N) is 4. The van der Waals surface area contributed by atoms with E-state index in [2.05, 4.69) is 15.0 Å². The van der Waals surface area contributed by atoms with Crippen LogP contribution in [0.2, 0.25) is 5.28 Å². The molecule has 1 saturated heterocycles. The summed E-state index contributed by atoms with van der Waals surface area (Å²) >= 11 is 5.78. The number of aliphatic hydroxyl groups excluding tert-OH is 1. The number of halogens is 1. The van der Waals surface area contributed by atoms with Crippen LogP contribution in [0.5, 0.6) is 0 Å². The van der Waals surface area contributed by atoms with Gasteiger partial charge in [-0.05, 0) is 11.6 Å². The largest absolute Gasteiger partial charge is 0.481 e. The summed E-state index contributed by atoms with van der Waals surface area (Å²) in [5, 5.41) is 48.7. The Morgan fingerprint density at radius 1 is 1.29 bits per heavy atom. The van der Waals surface area contributed by atoms with E-state index in [1.165, 1.54) is 10.9 Å². The summed E-state index contributed by atoms with van der Waals surface area (Å²) in [4.78, 5) is 45.7. The number of aliphatic hydroxyl groups is 2. The molecule has 2 aromatic rings. The lowest BCUT2D eigenvalue weighted by Crippen LogP contribution is -2.53. The van der Waals surface area contributed by atoms with E-state index < -0.39 is 60.1 Å². The summed E-state index contributed by atoms with van der Waals surface area (Å²) in [6.45, 7) is 0. The Hall–Kier alpha value is -3.11. The zero-order valence-corrected chi connectivity index (χ0v) is 15.9. The normalized spacial score (nSPS) is 29.6. The molecule has 1 aliphatic carbocycles. The summed E-state index contributed by atoms with van der Waals surface area (Å²) in [7, 11) is 0. The highest BCUT2D eigenvalue weighted by Gasteiger charge is 2.80. The second kappa shape index (κ2) is 6.69. The highest BCUT2D eigenvalue weighted by atomic mass is 35.5. The van der Waals surface area contributed by atoms with Crippen LogP contribution >= 0.6 is 11.6 Å². The van der Waals surface area contributed by atoms with Gasteiger partial charge < -0.3 is 40.7 Å². The van der Waals surface area contributed by atoms with Crippen molar-refractivity contribution < 1.29 is 49.4 Å². The molecule has 0 spiro atoms. The molecule has 5 atom stereocenters. The third-order valence-electron chi connectivity index (χ3n) is 5.22. The number of carboxylic acid groups (broad SMARTS) is 3. The molecule has 1 saturated carbocycles. The van der Waals surface area contributed by atoms with Crippen molar-refractivity contribution in [1.82, 2.24) is 19.5 Å². The quantitative estimate of drug-likeness (QED) is 0.191. The number of nitrogens with two attached hydrogens (primary N) is 1. The van der Waals surface area contributed by atoms with Crippen LogP contribution in [0, 0.1) is 0 Å². The third kappa shape index (κ3) is 2.89. The van der Waals surface area contributed by atoms with Gasteiger partial charge in [0, 0.05) is 0 Å². The Morgan fingerprint density at radius 2 is 1.94 bits per heavy atom. The van der Waals surface area contributed by atoms with E-state index in [1.807, 2.05) is 0 Å². The SMILES string of the molecule is Nc1nc(Cl)nc2c1ncn2[C@@H]1O[C@@H]2C(OC(CC(=O)O)(C(=O)O)C(=O)O)[C@]2(O)[C@H]1O. The van der Waals surface area contributed by atoms with Gasteiger partial charge in [-0.1, -0.05) is 0 Å². The summed E-state index contributed by atoms with van der Waals surface area (Å²) in [5.41, 5.74) is 0.491. The first kappa shape index (κ1) is 21.1. The van der Waals surface area contributed by atoms with Crippen LogP contribution in [0.1, 0.15) is 12.6 Å². The number of anilines is 1. The minimum Gasteiger partial charge on any atom is -0.481 e. The van der Waals surface area contributed by atoms with Gasteiger partial charge in [0.2, 0.25) is 5.28 Å². The van der Waals surface area contributed by atoms with Crippen LogP contribution in [0.4, 0.5) is 5.82 Å². The molecule has 0 bridgehead atoms. The maximum atomic E-state index is 11.5. The summed E-state index contributed by atoms with van der Waals surface area (Å²) in [6.07, 6.45) is -6.31. The van der Waals surface area contributed by atoms with Gasteiger partial charge in [-0.3, -0.25) is 9.36 Å². The van der Waals surface area contributed by atoms with Crippen molar-refractivity contribution in [2.45, 2.75) is 42.2 Å². The molecule has 2 aromatic heterocycles. The molecule has 4 rings (SSSR count). The van der Waals surface area contributed by atoms with Gasteiger partial charge in [0.05, 0.1) is 12.7 Å². The average molecular weight is 460 g/mol. The molecule has 2 fully saturated rings. The molecule has 7 N–H and O–H groups in total. The van der Waals surface area contributed by atoms with E-state index in [0.29, 0.717) is 0 Å². The monoisotopic (exact) mass is 459 g/mol. The van der Waals surface area contributed by atoms with E-state index in [-0.39, 0.29) is 22.3 Å². The van der Waals surface area contributed by atoms with Crippen molar-refractivity contribution >= 4 is 46.5 Å². The summed E-state index contributed by atoms with van der Waals surface area (Å²) in [5.74, 6) is -6.00. The summed E-state index contributed by atoms with van der Waals surface area (Å²) < 4.78 is 11.7. The second-order valence-electron chi connectivity index (χ2n) is 7.03. The van der Waals surface area contributed by atoms with Crippen molar-refractivity contribution in [2.75, 3.05) is 5.73 Å². The van der Waals surface area contributed by atoms with Crippen molar-refractivity contribution in [3.8, 4) is 0 Å². The number of ether oxygens (including phenoxy) is 2. The van der Waals surface area contributed by atoms with Gasteiger partial charge in [0.25, 0.3) is 5.60 Å². The first-order valence-electron chi connectivity index (χ1n) is 8.51. The molecule has 0 aromatic carbocycles. The predicted octanol–water partition coefficient (Wildman–Crippen LogP) is -2.17. The van der Waals surface area contributed by atoms with Gasteiger partial charge >= 0.3 is 17.9 Å². The first-order chi connectivity index (χ1) is 14.4. The first-order valence-corrected chi connectivity index (χ1v) is 8.89. The van der Waals surface area contributed by atoms with Gasteiger partial charge in [0.1, 0.15) is 23.8 Å². The van der Waals surface area contributed by atoms with Crippen molar-refractivity contribution in [2.24, 2.45) is 0 Å². The molecule has 0 radical (unpaired) electrons. The zero-order valence-electron chi connectivity index (χ0n) is 15.1. The lowest BCUT2D eigenvalue weighted by atomic mass is 9.99. The number of carboxylic acids is 3. The number of imidazole rings is 1. The number of aromatic nitrogens is 4. The number of aliphatic carboxylic acids is 3. The molecule has 3 heterocycles. The van der Waals surface area contributed by atoms with Crippen molar-refractivity contribution in [1.29, 1.82) is 0 Å².